The van der Waals surface area contributed by atoms with E-state index in [1.165, 1.54) is 0 Å². The molecule has 0 spiro atoms. The maximum absolute atomic E-state index is 12.3. The molecular weight excluding hydrogens is 386 g/mol. The van der Waals surface area contributed by atoms with Gasteiger partial charge in [-0.1, -0.05) is 0 Å². The topological polar surface area (TPSA) is 83.6 Å². The first-order valence-electron chi connectivity index (χ1n) is 9.92. The third-order valence-electron chi connectivity index (χ3n) is 5.00. The number of carbonyl (C=O) groups excluding carboxylic acids is 1. The second kappa shape index (κ2) is 9.00. The first-order valence-corrected chi connectivity index (χ1v) is 9.92. The Hall–Kier alpha value is -3.33. The van der Waals surface area contributed by atoms with Crippen LogP contribution in [0.1, 0.15) is 6.92 Å². The molecule has 158 valence electrons. The average molecular weight is 411 g/mol. The van der Waals surface area contributed by atoms with E-state index in [4.69, 9.17) is 14.2 Å². The van der Waals surface area contributed by atoms with Crippen LogP contribution in [0.25, 0.3) is 17.1 Å². The highest BCUT2D eigenvalue weighted by Gasteiger charge is 2.18. The molecule has 9 heteroatoms. The third kappa shape index (κ3) is 4.16. The predicted octanol–water partition coefficient (Wildman–Crippen LogP) is 2.00. The SMILES string of the molecule is CCn1cc(-n2ccnc2-c2ccc(OCC(=O)N3CCOCC3)c(OC)c2)cn1. The van der Waals surface area contributed by atoms with Gasteiger partial charge in [-0.25, -0.2) is 4.98 Å². The number of hydrogen-bond donors (Lipinski definition) is 0. The third-order valence-corrected chi connectivity index (χ3v) is 5.00. The van der Waals surface area contributed by atoms with Crippen molar-refractivity contribution in [3.63, 3.8) is 0 Å². The normalized spacial score (nSPS) is 14.0. The van der Waals surface area contributed by atoms with Gasteiger partial charge in [0.05, 0.1) is 32.2 Å². The van der Waals surface area contributed by atoms with E-state index in [1.807, 2.05) is 40.7 Å². The van der Waals surface area contributed by atoms with Crippen LogP contribution in [0.5, 0.6) is 11.5 Å². The molecule has 9 nitrogen and oxygen atoms in total. The molecule has 0 radical (unpaired) electrons. The second-order valence-corrected chi connectivity index (χ2v) is 6.82. The number of methoxy groups -OCH3 is 1. The lowest BCUT2D eigenvalue weighted by molar-refractivity contribution is -0.137. The summed E-state index contributed by atoms with van der Waals surface area (Å²) in [6.45, 7) is 5.11. The Morgan fingerprint density at radius 3 is 2.80 bits per heavy atom. The van der Waals surface area contributed by atoms with Gasteiger partial charge in [-0.05, 0) is 25.1 Å². The van der Waals surface area contributed by atoms with Crippen LogP contribution in [-0.4, -0.2) is 70.2 Å². The molecule has 1 aromatic carbocycles. The molecule has 0 aliphatic carbocycles. The number of ether oxygens (including phenoxy) is 3. The molecule has 0 N–H and O–H groups in total. The first kappa shape index (κ1) is 20.0. The Labute approximate surface area is 174 Å². The molecular formula is C21H25N5O4. The Bertz CT molecular complexity index is 1010. The van der Waals surface area contributed by atoms with Crippen LogP contribution in [0, 0.1) is 0 Å². The molecule has 1 saturated heterocycles. The molecule has 1 amide bonds. The van der Waals surface area contributed by atoms with Gasteiger partial charge in [-0.15, -0.1) is 0 Å². The number of benzene rings is 1. The highest BCUT2D eigenvalue weighted by Crippen LogP contribution is 2.32. The van der Waals surface area contributed by atoms with Gasteiger partial charge in [0, 0.05) is 43.8 Å². The van der Waals surface area contributed by atoms with Crippen molar-refractivity contribution in [1.82, 2.24) is 24.2 Å². The number of aromatic nitrogens is 4. The van der Waals surface area contributed by atoms with E-state index >= 15 is 0 Å². The molecule has 1 fully saturated rings. The number of carbonyl (C=O) groups is 1. The minimum atomic E-state index is -0.0621. The molecule has 1 aliphatic heterocycles. The van der Waals surface area contributed by atoms with Crippen molar-refractivity contribution in [3.05, 3.63) is 43.0 Å². The number of rotatable bonds is 7. The lowest BCUT2D eigenvalue weighted by atomic mass is 10.2. The fourth-order valence-corrected chi connectivity index (χ4v) is 3.34. The molecule has 0 unspecified atom stereocenters. The Morgan fingerprint density at radius 1 is 1.23 bits per heavy atom. The van der Waals surface area contributed by atoms with Gasteiger partial charge in [0.2, 0.25) is 0 Å². The highest BCUT2D eigenvalue weighted by atomic mass is 16.5. The van der Waals surface area contributed by atoms with Gasteiger partial charge in [0.1, 0.15) is 5.82 Å². The Morgan fingerprint density at radius 2 is 2.07 bits per heavy atom. The number of imidazole rings is 1. The van der Waals surface area contributed by atoms with Gasteiger partial charge < -0.3 is 19.1 Å². The Balaban J connectivity index is 1.51. The van der Waals surface area contributed by atoms with Crippen molar-refractivity contribution in [1.29, 1.82) is 0 Å². The standard InChI is InChI=1S/C21H25N5O4/c1-3-25-14-17(13-23-25)26-7-6-22-21(26)16-4-5-18(19(12-16)28-2)30-15-20(27)24-8-10-29-11-9-24/h4-7,12-14H,3,8-11,15H2,1-2H3. The van der Waals surface area contributed by atoms with E-state index < -0.39 is 0 Å². The van der Waals surface area contributed by atoms with Crippen LogP contribution in [-0.2, 0) is 16.1 Å². The maximum Gasteiger partial charge on any atom is 0.260 e. The van der Waals surface area contributed by atoms with Gasteiger partial charge >= 0.3 is 0 Å². The van der Waals surface area contributed by atoms with Crippen LogP contribution in [0.3, 0.4) is 0 Å². The predicted molar refractivity (Wildman–Crippen MR) is 110 cm³/mol. The van der Waals surface area contributed by atoms with Crippen molar-refractivity contribution >= 4 is 5.91 Å². The zero-order valence-electron chi connectivity index (χ0n) is 17.2. The molecule has 0 saturated carbocycles. The van der Waals surface area contributed by atoms with Crippen LogP contribution < -0.4 is 9.47 Å². The smallest absolute Gasteiger partial charge is 0.260 e. The minimum absolute atomic E-state index is 0.0411. The summed E-state index contributed by atoms with van der Waals surface area (Å²) >= 11 is 0. The summed E-state index contributed by atoms with van der Waals surface area (Å²) < 4.78 is 20.4. The van der Waals surface area contributed by atoms with E-state index in [2.05, 4.69) is 10.1 Å². The van der Waals surface area contributed by atoms with Crippen LogP contribution in [0.2, 0.25) is 0 Å². The number of aryl methyl sites for hydroxylation is 1. The highest BCUT2D eigenvalue weighted by molar-refractivity contribution is 5.78. The summed E-state index contributed by atoms with van der Waals surface area (Å²) in [7, 11) is 1.58. The van der Waals surface area contributed by atoms with E-state index in [1.54, 1.807) is 30.5 Å². The molecule has 0 bridgehead atoms. The monoisotopic (exact) mass is 411 g/mol. The number of amides is 1. The lowest BCUT2D eigenvalue weighted by Crippen LogP contribution is -2.43. The largest absolute Gasteiger partial charge is 0.493 e. The molecule has 4 rings (SSSR count). The first-order chi connectivity index (χ1) is 14.7. The van der Waals surface area contributed by atoms with Crippen molar-refractivity contribution in [2.75, 3.05) is 40.0 Å². The second-order valence-electron chi connectivity index (χ2n) is 6.82. The van der Waals surface area contributed by atoms with Crippen LogP contribution >= 0.6 is 0 Å². The molecule has 3 heterocycles. The lowest BCUT2D eigenvalue weighted by Gasteiger charge is -2.26. The number of nitrogens with zero attached hydrogens (tertiary/aromatic N) is 5. The summed E-state index contributed by atoms with van der Waals surface area (Å²) in [6, 6.07) is 5.56. The van der Waals surface area contributed by atoms with Crippen molar-refractivity contribution < 1.29 is 19.0 Å². The summed E-state index contributed by atoms with van der Waals surface area (Å²) in [6.07, 6.45) is 7.42. The summed E-state index contributed by atoms with van der Waals surface area (Å²) in [4.78, 5) is 18.6. The molecule has 0 atom stereocenters. The molecule has 2 aromatic heterocycles. The quantitative estimate of drug-likeness (QED) is 0.591. The van der Waals surface area contributed by atoms with Gasteiger partial charge in [-0.2, -0.15) is 5.10 Å². The number of morpholine rings is 1. The molecule has 1 aliphatic rings. The van der Waals surface area contributed by atoms with Gasteiger partial charge in [0.15, 0.2) is 18.1 Å². The van der Waals surface area contributed by atoms with Crippen molar-refractivity contribution in [3.8, 4) is 28.6 Å². The van der Waals surface area contributed by atoms with E-state index in [0.717, 1.165) is 23.6 Å². The van der Waals surface area contributed by atoms with Gasteiger partial charge in [0.25, 0.3) is 5.91 Å². The average Bonchev–Trinajstić information content (AvgIpc) is 3.47. The zero-order valence-corrected chi connectivity index (χ0v) is 17.2. The number of hydrogen-bond acceptors (Lipinski definition) is 6. The van der Waals surface area contributed by atoms with Crippen LogP contribution in [0.4, 0.5) is 0 Å². The van der Waals surface area contributed by atoms with Gasteiger partial charge in [-0.3, -0.25) is 14.0 Å². The van der Waals surface area contributed by atoms with Crippen LogP contribution in [0.15, 0.2) is 43.0 Å². The molecule has 30 heavy (non-hydrogen) atoms. The minimum Gasteiger partial charge on any atom is -0.493 e. The van der Waals surface area contributed by atoms with E-state index in [-0.39, 0.29) is 12.5 Å². The summed E-state index contributed by atoms with van der Waals surface area (Å²) in [5.41, 5.74) is 1.80. The van der Waals surface area contributed by atoms with E-state index in [0.29, 0.717) is 37.8 Å². The Kier molecular flexibility index (Phi) is 5.99. The summed E-state index contributed by atoms with van der Waals surface area (Å²) in [5.74, 6) is 1.76. The zero-order chi connectivity index (χ0) is 20.9. The van der Waals surface area contributed by atoms with E-state index in [9.17, 15) is 4.79 Å². The fraction of sp³-hybridized carbons (Fsp3) is 0.381. The fourth-order valence-electron chi connectivity index (χ4n) is 3.34. The molecule has 3 aromatic rings. The summed E-state index contributed by atoms with van der Waals surface area (Å²) in [5, 5.41) is 4.33. The maximum atomic E-state index is 12.3. The van der Waals surface area contributed by atoms with Crippen molar-refractivity contribution in [2.24, 2.45) is 0 Å². The van der Waals surface area contributed by atoms with Crippen molar-refractivity contribution in [2.45, 2.75) is 13.5 Å².